The first-order valence-electron chi connectivity index (χ1n) is 9.59. The lowest BCUT2D eigenvalue weighted by atomic mass is 9.86. The maximum Gasteiger partial charge on any atom is 0.410 e. The van der Waals surface area contributed by atoms with E-state index in [0.717, 1.165) is 24.1 Å². The highest BCUT2D eigenvalue weighted by atomic mass is 16.6. The lowest BCUT2D eigenvalue weighted by molar-refractivity contribution is 0.0221. The van der Waals surface area contributed by atoms with Crippen LogP contribution in [0.2, 0.25) is 0 Å². The van der Waals surface area contributed by atoms with Crippen LogP contribution in [0, 0.1) is 5.92 Å². The molecule has 1 fully saturated rings. The van der Waals surface area contributed by atoms with Crippen LogP contribution in [0.5, 0.6) is 0 Å². The number of hydrogen-bond donors (Lipinski definition) is 2. The van der Waals surface area contributed by atoms with E-state index in [1.54, 1.807) is 4.90 Å². The van der Waals surface area contributed by atoms with Gasteiger partial charge in [-0.3, -0.25) is 9.89 Å². The minimum atomic E-state index is -0.521. The summed E-state index contributed by atoms with van der Waals surface area (Å²) < 4.78 is 5.43. The Morgan fingerprint density at radius 1 is 1.27 bits per heavy atom. The first kappa shape index (κ1) is 18.7. The molecule has 1 saturated carbocycles. The van der Waals surface area contributed by atoms with Gasteiger partial charge in [-0.1, -0.05) is 19.8 Å². The van der Waals surface area contributed by atoms with Crippen LogP contribution < -0.4 is 5.32 Å². The first-order valence-corrected chi connectivity index (χ1v) is 9.59. The minimum absolute atomic E-state index is 0.105. The zero-order chi connectivity index (χ0) is 18.9. The predicted octanol–water partition coefficient (Wildman–Crippen LogP) is 3.01. The summed E-state index contributed by atoms with van der Waals surface area (Å²) in [6, 6.07) is 0.227. The molecular weight excluding hydrogens is 332 g/mol. The molecule has 7 nitrogen and oxygen atoms in total. The number of ether oxygens (including phenoxy) is 1. The van der Waals surface area contributed by atoms with Crippen LogP contribution in [0.3, 0.4) is 0 Å². The van der Waals surface area contributed by atoms with Gasteiger partial charge < -0.3 is 15.0 Å². The van der Waals surface area contributed by atoms with Crippen LogP contribution in [-0.2, 0) is 17.7 Å². The van der Waals surface area contributed by atoms with Crippen molar-refractivity contribution < 1.29 is 14.3 Å². The zero-order valence-electron chi connectivity index (χ0n) is 16.2. The predicted molar refractivity (Wildman–Crippen MR) is 97.8 cm³/mol. The lowest BCUT2D eigenvalue weighted by Crippen LogP contribution is -2.42. The Balaban J connectivity index is 1.65. The zero-order valence-corrected chi connectivity index (χ0v) is 16.2. The standard InChI is InChI=1S/C19H30N4O3/c1-12-7-5-6-8-14(12)20-17(24)16-13-9-10-23(11-15(13)21-22-16)18(25)26-19(2,3)4/h12,14H,5-11H2,1-4H3,(H,20,24)(H,21,22). The summed E-state index contributed by atoms with van der Waals surface area (Å²) in [5.74, 6) is 0.400. The Hall–Kier alpha value is -2.05. The van der Waals surface area contributed by atoms with Crippen molar-refractivity contribution >= 4 is 12.0 Å². The van der Waals surface area contributed by atoms with Crippen LogP contribution in [0.4, 0.5) is 4.79 Å². The number of nitrogens with zero attached hydrogens (tertiary/aromatic N) is 2. The van der Waals surface area contributed by atoms with Crippen LogP contribution >= 0.6 is 0 Å². The van der Waals surface area contributed by atoms with Crippen LogP contribution in [0.1, 0.15) is 75.1 Å². The van der Waals surface area contributed by atoms with Gasteiger partial charge in [0.1, 0.15) is 5.60 Å². The average Bonchev–Trinajstić information content (AvgIpc) is 2.98. The molecule has 0 bridgehead atoms. The van der Waals surface area contributed by atoms with Gasteiger partial charge in [-0.15, -0.1) is 0 Å². The van der Waals surface area contributed by atoms with Gasteiger partial charge in [0.25, 0.3) is 5.91 Å². The number of carbonyl (C=O) groups is 2. The third-order valence-corrected chi connectivity index (χ3v) is 5.23. The molecule has 1 aromatic heterocycles. The Morgan fingerprint density at radius 2 is 2.00 bits per heavy atom. The van der Waals surface area contributed by atoms with Crippen molar-refractivity contribution in [1.82, 2.24) is 20.4 Å². The second-order valence-corrected chi connectivity index (χ2v) is 8.52. The smallest absolute Gasteiger partial charge is 0.410 e. The summed E-state index contributed by atoms with van der Waals surface area (Å²) in [5, 5.41) is 10.3. The Morgan fingerprint density at radius 3 is 2.69 bits per heavy atom. The van der Waals surface area contributed by atoms with Gasteiger partial charge in [0.15, 0.2) is 5.69 Å². The Kier molecular flexibility index (Phi) is 5.25. The van der Waals surface area contributed by atoms with E-state index in [9.17, 15) is 9.59 Å². The highest BCUT2D eigenvalue weighted by Gasteiger charge is 2.31. The average molecular weight is 362 g/mol. The fourth-order valence-corrected chi connectivity index (χ4v) is 3.76. The highest BCUT2D eigenvalue weighted by Crippen LogP contribution is 2.25. The van der Waals surface area contributed by atoms with Crippen molar-refractivity contribution in [3.05, 3.63) is 17.0 Å². The van der Waals surface area contributed by atoms with Gasteiger partial charge in [-0.05, 0) is 46.0 Å². The van der Waals surface area contributed by atoms with E-state index < -0.39 is 5.60 Å². The Labute approximate surface area is 154 Å². The number of H-pyrrole nitrogens is 1. The molecule has 1 aromatic rings. The topological polar surface area (TPSA) is 87.3 Å². The van der Waals surface area contributed by atoms with Gasteiger partial charge in [0.2, 0.25) is 0 Å². The number of hydrogen-bond acceptors (Lipinski definition) is 4. The molecule has 2 aliphatic rings. The number of amides is 2. The largest absolute Gasteiger partial charge is 0.444 e. The summed E-state index contributed by atoms with van der Waals surface area (Å²) in [5.41, 5.74) is 1.70. The number of nitrogens with one attached hydrogen (secondary N) is 2. The molecule has 0 radical (unpaired) electrons. The quantitative estimate of drug-likeness (QED) is 0.846. The molecule has 2 atom stereocenters. The molecule has 2 amide bonds. The van der Waals surface area contributed by atoms with E-state index in [4.69, 9.17) is 4.74 Å². The van der Waals surface area contributed by atoms with Crippen molar-refractivity contribution in [2.24, 2.45) is 5.92 Å². The molecule has 0 spiro atoms. The van der Waals surface area contributed by atoms with Gasteiger partial charge in [0, 0.05) is 18.2 Å². The molecule has 26 heavy (non-hydrogen) atoms. The summed E-state index contributed by atoms with van der Waals surface area (Å²) in [4.78, 5) is 26.6. The summed E-state index contributed by atoms with van der Waals surface area (Å²) >= 11 is 0. The molecule has 2 heterocycles. The molecule has 1 aliphatic heterocycles. The molecule has 7 heteroatoms. The number of aromatic nitrogens is 2. The van der Waals surface area contributed by atoms with E-state index in [2.05, 4.69) is 22.4 Å². The number of rotatable bonds is 2. The second-order valence-electron chi connectivity index (χ2n) is 8.52. The van der Waals surface area contributed by atoms with Crippen molar-refractivity contribution in [2.45, 2.75) is 78.0 Å². The number of carbonyl (C=O) groups excluding carboxylic acids is 2. The van der Waals surface area contributed by atoms with E-state index in [1.807, 2.05) is 20.8 Å². The van der Waals surface area contributed by atoms with E-state index in [1.165, 1.54) is 12.8 Å². The second kappa shape index (κ2) is 7.29. The summed E-state index contributed by atoms with van der Waals surface area (Å²) in [7, 11) is 0. The summed E-state index contributed by atoms with van der Waals surface area (Å²) in [6.07, 6.45) is 4.87. The molecule has 144 valence electrons. The van der Waals surface area contributed by atoms with Gasteiger partial charge in [-0.25, -0.2) is 4.79 Å². The van der Waals surface area contributed by atoms with Crippen molar-refractivity contribution in [1.29, 1.82) is 0 Å². The van der Waals surface area contributed by atoms with Crippen molar-refractivity contribution in [3.63, 3.8) is 0 Å². The molecule has 2 unspecified atom stereocenters. The molecular formula is C19H30N4O3. The van der Waals surface area contributed by atoms with E-state index in [-0.39, 0.29) is 18.0 Å². The van der Waals surface area contributed by atoms with Crippen LogP contribution in [-0.4, -0.2) is 45.3 Å². The molecule has 3 rings (SSSR count). The van der Waals surface area contributed by atoms with Gasteiger partial charge in [-0.2, -0.15) is 5.10 Å². The number of fused-ring (bicyclic) bond motifs is 1. The van der Waals surface area contributed by atoms with Gasteiger partial charge in [0.05, 0.1) is 12.2 Å². The van der Waals surface area contributed by atoms with E-state index >= 15 is 0 Å². The van der Waals surface area contributed by atoms with Crippen LogP contribution in [0.25, 0.3) is 0 Å². The molecule has 0 saturated heterocycles. The van der Waals surface area contributed by atoms with Crippen LogP contribution in [0.15, 0.2) is 0 Å². The Bertz CT molecular complexity index is 677. The maximum absolute atomic E-state index is 12.7. The van der Waals surface area contributed by atoms with Crippen molar-refractivity contribution in [3.8, 4) is 0 Å². The third kappa shape index (κ3) is 4.19. The first-order chi connectivity index (χ1) is 12.2. The van der Waals surface area contributed by atoms with E-state index in [0.29, 0.717) is 31.1 Å². The lowest BCUT2D eigenvalue weighted by Gasteiger charge is -2.30. The summed E-state index contributed by atoms with van der Waals surface area (Å²) in [6.45, 7) is 8.68. The molecule has 2 N–H and O–H groups in total. The fraction of sp³-hybridized carbons (Fsp3) is 0.737. The van der Waals surface area contributed by atoms with Gasteiger partial charge >= 0.3 is 6.09 Å². The SMILES string of the molecule is CC1CCCCC1NC(=O)c1n[nH]c2c1CCN(C(=O)OC(C)(C)C)C2. The monoisotopic (exact) mass is 362 g/mol. The third-order valence-electron chi connectivity index (χ3n) is 5.23. The molecule has 0 aromatic carbocycles. The number of aromatic amines is 1. The minimum Gasteiger partial charge on any atom is -0.444 e. The fourth-order valence-electron chi connectivity index (χ4n) is 3.76. The normalized spacial score (nSPS) is 23.3. The molecule has 1 aliphatic carbocycles. The van der Waals surface area contributed by atoms with Crippen molar-refractivity contribution in [2.75, 3.05) is 6.54 Å². The highest BCUT2D eigenvalue weighted by molar-refractivity contribution is 5.94. The maximum atomic E-state index is 12.7.